The molecule has 0 radical (unpaired) electrons. The van der Waals surface area contributed by atoms with E-state index in [9.17, 15) is 9.59 Å². The van der Waals surface area contributed by atoms with E-state index in [1.807, 2.05) is 32.0 Å². The second kappa shape index (κ2) is 9.80. The van der Waals surface area contributed by atoms with Crippen molar-refractivity contribution in [3.63, 3.8) is 0 Å². The number of hydrogen-bond donors (Lipinski definition) is 1. The van der Waals surface area contributed by atoms with Crippen molar-refractivity contribution < 1.29 is 18.7 Å². The molecule has 7 heteroatoms. The van der Waals surface area contributed by atoms with Crippen molar-refractivity contribution in [1.82, 2.24) is 5.32 Å². The molecule has 0 saturated carbocycles. The predicted molar refractivity (Wildman–Crippen MR) is 114 cm³/mol. The maximum absolute atomic E-state index is 12.1. The van der Waals surface area contributed by atoms with Gasteiger partial charge < -0.3 is 14.5 Å². The Kier molecular flexibility index (Phi) is 7.17. The average Bonchev–Trinajstić information content (AvgIpc) is 3.31. The minimum atomic E-state index is -0.442. The number of amides is 1. The zero-order valence-electron chi connectivity index (χ0n) is 15.9. The number of carbonyl (C=O) groups is 2. The Morgan fingerprint density at radius 1 is 1.25 bits per heavy atom. The first-order valence-corrected chi connectivity index (χ1v) is 11.1. The highest BCUT2D eigenvalue weighted by molar-refractivity contribution is 7.98. The maximum Gasteiger partial charge on any atom is 0.310 e. The lowest BCUT2D eigenvalue weighted by molar-refractivity contribution is -0.147. The monoisotopic (exact) mass is 417 g/mol. The number of thioether (sulfide) groups is 1. The van der Waals surface area contributed by atoms with E-state index < -0.39 is 5.97 Å². The van der Waals surface area contributed by atoms with Gasteiger partial charge in [-0.1, -0.05) is 6.07 Å². The molecule has 3 aromatic rings. The van der Waals surface area contributed by atoms with Crippen molar-refractivity contribution >= 4 is 45.9 Å². The fraction of sp³-hybridized carbons (Fsp3) is 0.333. The summed E-state index contributed by atoms with van der Waals surface area (Å²) in [7, 11) is 0. The fourth-order valence-electron chi connectivity index (χ4n) is 2.71. The van der Waals surface area contributed by atoms with Crippen molar-refractivity contribution in [1.29, 1.82) is 0 Å². The van der Waals surface area contributed by atoms with Gasteiger partial charge in [0.05, 0.1) is 12.7 Å². The smallest absolute Gasteiger partial charge is 0.310 e. The molecule has 2 heterocycles. The molecular weight excluding hydrogens is 394 g/mol. The van der Waals surface area contributed by atoms with Gasteiger partial charge >= 0.3 is 5.97 Å². The minimum Gasteiger partial charge on any atom is -0.464 e. The SMILES string of the molecule is Cc1cc2occ(CC(=O)OCC(=O)NCCSCc3cccs3)c2cc1C. The molecule has 0 saturated heterocycles. The van der Waals surface area contributed by atoms with Gasteiger partial charge in [-0.3, -0.25) is 9.59 Å². The van der Waals surface area contributed by atoms with Crippen molar-refractivity contribution in [2.45, 2.75) is 26.0 Å². The first-order chi connectivity index (χ1) is 13.5. The van der Waals surface area contributed by atoms with Gasteiger partial charge in [0.1, 0.15) is 5.58 Å². The Labute approximate surface area is 172 Å². The first-order valence-electron chi connectivity index (χ1n) is 9.02. The topological polar surface area (TPSA) is 68.5 Å². The van der Waals surface area contributed by atoms with Crippen LogP contribution in [0.4, 0.5) is 0 Å². The number of ether oxygens (including phenoxy) is 1. The second-order valence-electron chi connectivity index (χ2n) is 6.51. The van der Waals surface area contributed by atoms with Gasteiger partial charge in [-0.25, -0.2) is 0 Å². The first kappa shape index (κ1) is 20.5. The van der Waals surface area contributed by atoms with E-state index in [1.165, 1.54) is 4.88 Å². The lowest BCUT2D eigenvalue weighted by Crippen LogP contribution is -2.30. The van der Waals surface area contributed by atoms with Crippen LogP contribution in [-0.2, 0) is 26.5 Å². The molecule has 5 nitrogen and oxygen atoms in total. The lowest BCUT2D eigenvalue weighted by Gasteiger charge is -2.06. The third-order valence-electron chi connectivity index (χ3n) is 4.36. The Bertz CT molecular complexity index is 947. The third-order valence-corrected chi connectivity index (χ3v) is 6.43. The summed E-state index contributed by atoms with van der Waals surface area (Å²) in [6.07, 6.45) is 1.66. The zero-order chi connectivity index (χ0) is 19.9. The average molecular weight is 418 g/mol. The second-order valence-corrected chi connectivity index (χ2v) is 8.65. The third kappa shape index (κ3) is 5.62. The molecular formula is C21H23NO4S2. The maximum atomic E-state index is 12.1. The van der Waals surface area contributed by atoms with Crippen LogP contribution in [0.25, 0.3) is 11.0 Å². The number of aryl methyl sites for hydroxylation is 2. The van der Waals surface area contributed by atoms with E-state index in [2.05, 4.69) is 16.8 Å². The Balaban J connectivity index is 1.37. The van der Waals surface area contributed by atoms with E-state index in [-0.39, 0.29) is 18.9 Å². The molecule has 0 spiro atoms. The van der Waals surface area contributed by atoms with Crippen molar-refractivity contribution in [3.05, 3.63) is 57.5 Å². The molecule has 28 heavy (non-hydrogen) atoms. The van der Waals surface area contributed by atoms with Crippen LogP contribution in [0.15, 0.2) is 40.3 Å². The standard InChI is InChI=1S/C21H23NO4S2/c1-14-8-18-16(11-25-19(18)9-15(14)2)10-21(24)26-12-20(23)22-5-7-27-13-17-4-3-6-28-17/h3-4,6,8-9,11H,5,7,10,12-13H2,1-2H3,(H,22,23). The molecule has 1 aromatic carbocycles. The summed E-state index contributed by atoms with van der Waals surface area (Å²) in [5.41, 5.74) is 3.80. The van der Waals surface area contributed by atoms with E-state index in [4.69, 9.17) is 9.15 Å². The largest absolute Gasteiger partial charge is 0.464 e. The summed E-state index contributed by atoms with van der Waals surface area (Å²) >= 11 is 3.49. The van der Waals surface area contributed by atoms with Crippen LogP contribution in [0.1, 0.15) is 21.6 Å². The summed E-state index contributed by atoms with van der Waals surface area (Å²) in [5.74, 6) is 1.04. The van der Waals surface area contributed by atoms with Gasteiger partial charge in [0.2, 0.25) is 0 Å². The van der Waals surface area contributed by atoms with Gasteiger partial charge in [-0.2, -0.15) is 11.8 Å². The highest BCUT2D eigenvalue weighted by Crippen LogP contribution is 2.25. The van der Waals surface area contributed by atoms with Crippen molar-refractivity contribution in [3.8, 4) is 0 Å². The molecule has 0 aliphatic rings. The van der Waals surface area contributed by atoms with Crippen molar-refractivity contribution in [2.75, 3.05) is 18.9 Å². The molecule has 0 atom stereocenters. The summed E-state index contributed by atoms with van der Waals surface area (Å²) in [5, 5.41) is 5.73. The predicted octanol–water partition coefficient (Wildman–Crippen LogP) is 4.25. The molecule has 1 amide bonds. The van der Waals surface area contributed by atoms with Gasteiger partial charge in [0.25, 0.3) is 5.91 Å². The quantitative estimate of drug-likeness (QED) is 0.416. The fourth-order valence-corrected chi connectivity index (χ4v) is 4.41. The van der Waals surface area contributed by atoms with Crippen LogP contribution in [0.2, 0.25) is 0 Å². The van der Waals surface area contributed by atoms with E-state index >= 15 is 0 Å². The summed E-state index contributed by atoms with van der Waals surface area (Å²) in [6, 6.07) is 8.10. The Morgan fingerprint density at radius 3 is 2.86 bits per heavy atom. The van der Waals surface area contributed by atoms with E-state index in [0.717, 1.165) is 39.2 Å². The van der Waals surface area contributed by atoms with E-state index in [0.29, 0.717) is 6.54 Å². The lowest BCUT2D eigenvalue weighted by atomic mass is 10.0. The number of rotatable bonds is 9. The minimum absolute atomic E-state index is 0.0828. The molecule has 0 fully saturated rings. The van der Waals surface area contributed by atoms with Gasteiger partial charge in [-0.15, -0.1) is 11.3 Å². The van der Waals surface area contributed by atoms with Crippen LogP contribution in [-0.4, -0.2) is 30.8 Å². The molecule has 0 aliphatic heterocycles. The van der Waals surface area contributed by atoms with Crippen LogP contribution in [0.5, 0.6) is 0 Å². The van der Waals surface area contributed by atoms with Crippen LogP contribution in [0.3, 0.4) is 0 Å². The molecule has 1 N–H and O–H groups in total. The van der Waals surface area contributed by atoms with Crippen LogP contribution < -0.4 is 5.32 Å². The number of benzene rings is 1. The number of nitrogens with one attached hydrogen (secondary N) is 1. The molecule has 148 valence electrons. The highest BCUT2D eigenvalue weighted by Gasteiger charge is 2.14. The summed E-state index contributed by atoms with van der Waals surface area (Å²) in [6.45, 7) is 4.33. The summed E-state index contributed by atoms with van der Waals surface area (Å²) in [4.78, 5) is 25.2. The molecule has 3 rings (SSSR count). The Hall–Kier alpha value is -2.25. The summed E-state index contributed by atoms with van der Waals surface area (Å²) < 4.78 is 10.6. The number of esters is 1. The normalized spacial score (nSPS) is 10.9. The number of fused-ring (bicyclic) bond motifs is 1. The van der Waals surface area contributed by atoms with Gasteiger partial charge in [-0.05, 0) is 48.6 Å². The number of hydrogen-bond acceptors (Lipinski definition) is 6. The van der Waals surface area contributed by atoms with Crippen LogP contribution in [0, 0.1) is 13.8 Å². The molecule has 0 unspecified atom stereocenters. The van der Waals surface area contributed by atoms with Crippen molar-refractivity contribution in [2.24, 2.45) is 0 Å². The highest BCUT2D eigenvalue weighted by atomic mass is 32.2. The Morgan fingerprint density at radius 2 is 2.07 bits per heavy atom. The number of carbonyl (C=O) groups excluding carboxylic acids is 2. The molecule has 0 bridgehead atoms. The number of furan rings is 1. The zero-order valence-corrected chi connectivity index (χ0v) is 17.6. The van der Waals surface area contributed by atoms with Gasteiger partial charge in [0, 0.05) is 33.9 Å². The number of thiophene rings is 1. The molecule has 2 aromatic heterocycles. The van der Waals surface area contributed by atoms with Crippen LogP contribution >= 0.6 is 23.1 Å². The van der Waals surface area contributed by atoms with Gasteiger partial charge in [0.15, 0.2) is 6.61 Å². The molecule has 0 aliphatic carbocycles. The van der Waals surface area contributed by atoms with E-state index in [1.54, 1.807) is 29.4 Å².